The third-order valence-electron chi connectivity index (χ3n) is 6.90. The summed E-state index contributed by atoms with van der Waals surface area (Å²) in [7, 11) is 1.67. The molecule has 0 radical (unpaired) electrons. The van der Waals surface area contributed by atoms with Gasteiger partial charge >= 0.3 is 0 Å². The van der Waals surface area contributed by atoms with Crippen molar-refractivity contribution in [2.24, 2.45) is 0 Å². The average molecular weight is 507 g/mol. The number of nitrogens with one attached hydrogen (secondary N) is 2. The zero-order valence-electron chi connectivity index (χ0n) is 22.6. The molecular formula is C30H42N4O3. The van der Waals surface area contributed by atoms with E-state index in [0.29, 0.717) is 13.0 Å². The summed E-state index contributed by atoms with van der Waals surface area (Å²) in [6.07, 6.45) is 5.81. The van der Waals surface area contributed by atoms with Crippen LogP contribution in [0.15, 0.2) is 48.5 Å². The van der Waals surface area contributed by atoms with Gasteiger partial charge in [-0.25, -0.2) is 0 Å². The third kappa shape index (κ3) is 8.42. The van der Waals surface area contributed by atoms with E-state index in [9.17, 15) is 14.4 Å². The first kappa shape index (κ1) is 28.4. The summed E-state index contributed by atoms with van der Waals surface area (Å²) >= 11 is 0. The molecule has 2 N–H and O–H groups in total. The van der Waals surface area contributed by atoms with Crippen molar-refractivity contribution in [3.63, 3.8) is 0 Å². The van der Waals surface area contributed by atoms with Gasteiger partial charge in [-0.15, -0.1) is 0 Å². The van der Waals surface area contributed by atoms with Gasteiger partial charge in [0.25, 0.3) is 0 Å². The predicted molar refractivity (Wildman–Crippen MR) is 148 cm³/mol. The van der Waals surface area contributed by atoms with Crippen LogP contribution in [0.1, 0.15) is 57.1 Å². The monoisotopic (exact) mass is 506 g/mol. The van der Waals surface area contributed by atoms with Crippen LogP contribution in [0.3, 0.4) is 0 Å². The molecule has 2 aromatic carbocycles. The molecule has 1 aliphatic rings. The minimum Gasteiger partial charge on any atom is -0.355 e. The SMILES string of the molecule is CCCCCNC(=O)CN1CC(=O)N(C)[C@@H](Cc2cccc(-c3ccc(CNCCCC)cc3)c2)C1=O. The summed E-state index contributed by atoms with van der Waals surface area (Å²) in [5.41, 5.74) is 4.41. The van der Waals surface area contributed by atoms with E-state index in [4.69, 9.17) is 0 Å². The molecule has 2 aromatic rings. The van der Waals surface area contributed by atoms with Crippen molar-refractivity contribution in [1.82, 2.24) is 20.4 Å². The first-order chi connectivity index (χ1) is 17.9. The lowest BCUT2D eigenvalue weighted by atomic mass is 9.97. The molecule has 1 saturated heterocycles. The molecule has 1 atom stereocenters. The highest BCUT2D eigenvalue weighted by atomic mass is 16.2. The lowest BCUT2D eigenvalue weighted by Crippen LogP contribution is -2.60. The first-order valence-electron chi connectivity index (χ1n) is 13.6. The lowest BCUT2D eigenvalue weighted by Gasteiger charge is -2.38. The van der Waals surface area contributed by atoms with Gasteiger partial charge in [-0.05, 0) is 41.6 Å². The fraction of sp³-hybridized carbons (Fsp3) is 0.500. The highest BCUT2D eigenvalue weighted by Gasteiger charge is 2.37. The van der Waals surface area contributed by atoms with E-state index in [1.807, 2.05) is 12.1 Å². The molecule has 7 heteroatoms. The molecule has 1 heterocycles. The number of rotatable bonds is 14. The average Bonchev–Trinajstić information content (AvgIpc) is 2.91. The second-order valence-corrected chi connectivity index (χ2v) is 9.90. The van der Waals surface area contributed by atoms with E-state index in [2.05, 4.69) is 60.9 Å². The molecule has 0 aromatic heterocycles. The molecule has 0 unspecified atom stereocenters. The summed E-state index contributed by atoms with van der Waals surface area (Å²) in [5, 5.41) is 6.33. The zero-order valence-corrected chi connectivity index (χ0v) is 22.6. The maximum absolute atomic E-state index is 13.3. The number of nitrogens with zero attached hydrogens (tertiary/aromatic N) is 2. The minimum atomic E-state index is -0.624. The van der Waals surface area contributed by atoms with Crippen molar-refractivity contribution in [2.45, 2.75) is 65.0 Å². The van der Waals surface area contributed by atoms with Gasteiger partial charge < -0.3 is 20.4 Å². The van der Waals surface area contributed by atoms with Crippen molar-refractivity contribution in [3.8, 4) is 11.1 Å². The molecule has 7 nitrogen and oxygen atoms in total. The van der Waals surface area contributed by atoms with Crippen molar-refractivity contribution >= 4 is 17.7 Å². The summed E-state index contributed by atoms with van der Waals surface area (Å²) in [6.45, 7) is 6.63. The maximum atomic E-state index is 13.3. The number of carbonyl (C=O) groups excluding carboxylic acids is 3. The van der Waals surface area contributed by atoms with Crippen LogP contribution < -0.4 is 10.6 Å². The van der Waals surface area contributed by atoms with Gasteiger partial charge in [0.2, 0.25) is 17.7 Å². The topological polar surface area (TPSA) is 81.8 Å². The van der Waals surface area contributed by atoms with Crippen LogP contribution in [0.4, 0.5) is 0 Å². The Bertz CT molecular complexity index is 1040. The highest BCUT2D eigenvalue weighted by molar-refractivity contribution is 5.97. The van der Waals surface area contributed by atoms with Crippen LogP contribution in [-0.2, 0) is 27.3 Å². The van der Waals surface area contributed by atoms with E-state index in [1.165, 1.54) is 28.2 Å². The van der Waals surface area contributed by atoms with E-state index >= 15 is 0 Å². The molecule has 3 amide bonds. The number of carbonyl (C=O) groups is 3. The fourth-order valence-electron chi connectivity index (χ4n) is 4.54. The smallest absolute Gasteiger partial charge is 0.246 e. The third-order valence-corrected chi connectivity index (χ3v) is 6.90. The molecule has 200 valence electrons. The van der Waals surface area contributed by atoms with E-state index < -0.39 is 6.04 Å². The zero-order chi connectivity index (χ0) is 26.6. The fourth-order valence-corrected chi connectivity index (χ4v) is 4.54. The molecule has 0 aliphatic carbocycles. The van der Waals surface area contributed by atoms with Gasteiger partial charge in [0.05, 0.1) is 0 Å². The van der Waals surface area contributed by atoms with Crippen molar-refractivity contribution in [3.05, 3.63) is 59.7 Å². The molecular weight excluding hydrogens is 464 g/mol. The summed E-state index contributed by atoms with van der Waals surface area (Å²) < 4.78 is 0. The van der Waals surface area contributed by atoms with Gasteiger partial charge in [-0.2, -0.15) is 0 Å². The van der Waals surface area contributed by atoms with Crippen LogP contribution in [0.2, 0.25) is 0 Å². The molecule has 0 saturated carbocycles. The van der Waals surface area contributed by atoms with Crippen molar-refractivity contribution < 1.29 is 14.4 Å². The maximum Gasteiger partial charge on any atom is 0.246 e. The normalized spacial score (nSPS) is 15.8. The molecule has 37 heavy (non-hydrogen) atoms. The largest absolute Gasteiger partial charge is 0.355 e. The molecule has 1 fully saturated rings. The Morgan fingerprint density at radius 1 is 0.919 bits per heavy atom. The summed E-state index contributed by atoms with van der Waals surface area (Å²) in [5.74, 6) is -0.551. The van der Waals surface area contributed by atoms with Crippen LogP contribution >= 0.6 is 0 Å². The minimum absolute atomic E-state index is 0.0616. The number of unbranched alkanes of at least 4 members (excludes halogenated alkanes) is 3. The van der Waals surface area contributed by atoms with Gasteiger partial charge in [0.15, 0.2) is 0 Å². The molecule has 0 bridgehead atoms. The number of benzene rings is 2. The summed E-state index contributed by atoms with van der Waals surface area (Å²) in [6, 6.07) is 16.0. The van der Waals surface area contributed by atoms with E-state index in [1.54, 1.807) is 7.05 Å². The molecule has 1 aliphatic heterocycles. The predicted octanol–water partition coefficient (Wildman–Crippen LogP) is 3.76. The number of hydrogen-bond acceptors (Lipinski definition) is 4. The van der Waals surface area contributed by atoms with Crippen molar-refractivity contribution in [1.29, 1.82) is 0 Å². The number of amides is 3. The number of likely N-dealkylation sites (N-methyl/N-ethyl adjacent to an activating group) is 1. The molecule has 3 rings (SSSR count). The summed E-state index contributed by atoms with van der Waals surface area (Å²) in [4.78, 5) is 41.2. The van der Waals surface area contributed by atoms with Gasteiger partial charge in [0.1, 0.15) is 19.1 Å². The van der Waals surface area contributed by atoms with Crippen LogP contribution in [-0.4, -0.2) is 66.8 Å². The Morgan fingerprint density at radius 2 is 1.68 bits per heavy atom. The Kier molecular flexibility index (Phi) is 11.1. The van der Waals surface area contributed by atoms with E-state index in [-0.39, 0.29) is 30.8 Å². The first-order valence-corrected chi connectivity index (χ1v) is 13.6. The van der Waals surface area contributed by atoms with Crippen molar-refractivity contribution in [2.75, 3.05) is 33.2 Å². The Balaban J connectivity index is 1.63. The standard InChI is InChI=1S/C30H42N4O3/c1-4-6-8-17-32-28(35)21-34-22-29(36)33(3)27(30(34)37)19-24-10-9-11-26(18-24)25-14-12-23(13-15-25)20-31-16-7-5-2/h9-15,18,27,31H,4-8,16-17,19-22H2,1-3H3,(H,32,35)/t27-/m0/s1. The van der Waals surface area contributed by atoms with Gasteiger partial charge in [0, 0.05) is 26.6 Å². The van der Waals surface area contributed by atoms with E-state index in [0.717, 1.165) is 49.0 Å². The Labute approximate surface area is 221 Å². The van der Waals surface area contributed by atoms with Gasteiger partial charge in [-0.3, -0.25) is 14.4 Å². The van der Waals surface area contributed by atoms with Crippen LogP contribution in [0.5, 0.6) is 0 Å². The Morgan fingerprint density at radius 3 is 2.41 bits per heavy atom. The number of piperazine rings is 1. The highest BCUT2D eigenvalue weighted by Crippen LogP contribution is 2.23. The second-order valence-electron chi connectivity index (χ2n) is 9.90. The quantitative estimate of drug-likeness (QED) is 0.382. The lowest BCUT2D eigenvalue weighted by molar-refractivity contribution is -0.155. The number of hydrogen-bond donors (Lipinski definition) is 2. The van der Waals surface area contributed by atoms with Crippen LogP contribution in [0.25, 0.3) is 11.1 Å². The van der Waals surface area contributed by atoms with Crippen LogP contribution in [0, 0.1) is 0 Å². The molecule has 0 spiro atoms. The second kappa shape index (κ2) is 14.5. The Hall–Kier alpha value is -3.19. The van der Waals surface area contributed by atoms with Gasteiger partial charge in [-0.1, -0.05) is 81.6 Å².